The molecule has 2 aromatic heterocycles. The molecule has 1 amide bonds. The van der Waals surface area contributed by atoms with Crippen molar-refractivity contribution in [1.29, 1.82) is 0 Å². The van der Waals surface area contributed by atoms with Crippen LogP contribution in [0.3, 0.4) is 0 Å². The van der Waals surface area contributed by atoms with E-state index in [1.807, 2.05) is 48.1 Å². The van der Waals surface area contributed by atoms with Gasteiger partial charge in [-0.3, -0.25) is 4.79 Å². The molecule has 2 heterocycles. The summed E-state index contributed by atoms with van der Waals surface area (Å²) < 4.78 is 16.9. The molecule has 1 atom stereocenters. The number of para-hydroxylation sites is 1. The van der Waals surface area contributed by atoms with Crippen molar-refractivity contribution < 1.29 is 9.18 Å². The zero-order valence-electron chi connectivity index (χ0n) is 16.3. The maximum absolute atomic E-state index is 13.3. The number of halogens is 1. The fourth-order valence-electron chi connectivity index (χ4n) is 3.11. The average molecular weight is 401 g/mol. The van der Waals surface area contributed by atoms with Gasteiger partial charge in [0.2, 0.25) is 5.91 Å². The molecule has 0 fully saturated rings. The molecule has 0 aliphatic heterocycles. The minimum Gasteiger partial charge on any atom is -0.339 e. The second-order valence-electron chi connectivity index (χ2n) is 6.78. The van der Waals surface area contributed by atoms with E-state index in [2.05, 4.69) is 15.4 Å². The Balaban J connectivity index is 1.51. The lowest BCUT2D eigenvalue weighted by molar-refractivity contribution is -0.117. The molecule has 30 heavy (non-hydrogen) atoms. The first-order chi connectivity index (χ1) is 14.6. The lowest BCUT2D eigenvalue weighted by Crippen LogP contribution is -2.29. The summed E-state index contributed by atoms with van der Waals surface area (Å²) in [6.45, 7) is 0. The van der Waals surface area contributed by atoms with Crippen LogP contribution < -0.4 is 5.32 Å². The Morgan fingerprint density at radius 1 is 1.13 bits per heavy atom. The molecule has 0 aliphatic rings. The standard InChI is InChI=1S/C23H20FN5O/c1-28-14-13-25-23(28)22(18-8-10-19(24)11-9-18)27-21(30)12-7-17-15-26-29(16-17)20-5-3-2-4-6-20/h2-16,22H,1H3,(H,27,30)/b12-7+. The number of aryl methyl sites for hydroxylation is 1. The topological polar surface area (TPSA) is 64.7 Å². The molecule has 0 radical (unpaired) electrons. The molecule has 150 valence electrons. The SMILES string of the molecule is Cn1ccnc1C(NC(=O)/C=C/c1cnn(-c2ccccc2)c1)c1ccc(F)cc1. The molecule has 0 saturated heterocycles. The van der Waals surface area contributed by atoms with Gasteiger partial charge < -0.3 is 9.88 Å². The summed E-state index contributed by atoms with van der Waals surface area (Å²) in [7, 11) is 1.85. The maximum atomic E-state index is 13.3. The number of nitrogens with one attached hydrogen (secondary N) is 1. The van der Waals surface area contributed by atoms with Crippen molar-refractivity contribution in [3.8, 4) is 5.69 Å². The summed E-state index contributed by atoms with van der Waals surface area (Å²) in [4.78, 5) is 17.0. The van der Waals surface area contributed by atoms with Crippen molar-refractivity contribution in [2.75, 3.05) is 0 Å². The highest BCUT2D eigenvalue weighted by molar-refractivity contribution is 5.92. The number of rotatable bonds is 6. The number of imidazole rings is 1. The van der Waals surface area contributed by atoms with E-state index in [4.69, 9.17) is 0 Å². The van der Waals surface area contributed by atoms with Crippen LogP contribution in [-0.2, 0) is 11.8 Å². The lowest BCUT2D eigenvalue weighted by Gasteiger charge is -2.18. The van der Waals surface area contributed by atoms with Crippen molar-refractivity contribution in [3.63, 3.8) is 0 Å². The molecule has 0 saturated carbocycles. The monoisotopic (exact) mass is 401 g/mol. The van der Waals surface area contributed by atoms with Gasteiger partial charge in [-0.2, -0.15) is 5.10 Å². The fourth-order valence-corrected chi connectivity index (χ4v) is 3.11. The highest BCUT2D eigenvalue weighted by Gasteiger charge is 2.20. The number of nitrogens with zero attached hydrogens (tertiary/aromatic N) is 4. The summed E-state index contributed by atoms with van der Waals surface area (Å²) in [6, 6.07) is 15.2. The van der Waals surface area contributed by atoms with Crippen LogP contribution in [0, 0.1) is 5.82 Å². The van der Waals surface area contributed by atoms with Gasteiger partial charge in [0, 0.05) is 37.3 Å². The van der Waals surface area contributed by atoms with Crippen LogP contribution in [0.25, 0.3) is 11.8 Å². The third kappa shape index (κ3) is 4.35. The van der Waals surface area contributed by atoms with Crippen LogP contribution in [0.1, 0.15) is 23.0 Å². The van der Waals surface area contributed by atoms with E-state index in [9.17, 15) is 9.18 Å². The largest absolute Gasteiger partial charge is 0.339 e. The average Bonchev–Trinajstić information content (AvgIpc) is 3.41. The minimum atomic E-state index is -0.505. The number of aromatic nitrogens is 4. The smallest absolute Gasteiger partial charge is 0.244 e. The van der Waals surface area contributed by atoms with Gasteiger partial charge in [-0.1, -0.05) is 30.3 Å². The Labute approximate surface area is 173 Å². The van der Waals surface area contributed by atoms with E-state index in [1.54, 1.807) is 41.5 Å². The van der Waals surface area contributed by atoms with Crippen molar-refractivity contribution in [2.24, 2.45) is 7.05 Å². The number of hydrogen-bond acceptors (Lipinski definition) is 3. The first-order valence-corrected chi connectivity index (χ1v) is 9.41. The van der Waals surface area contributed by atoms with Gasteiger partial charge in [0.1, 0.15) is 17.7 Å². The molecule has 4 rings (SSSR count). The third-order valence-corrected chi connectivity index (χ3v) is 4.66. The molecule has 0 aliphatic carbocycles. The van der Waals surface area contributed by atoms with E-state index in [1.165, 1.54) is 18.2 Å². The molecule has 6 nitrogen and oxygen atoms in total. The first kappa shape index (κ1) is 19.3. The Bertz CT molecular complexity index is 1160. The van der Waals surface area contributed by atoms with E-state index in [0.29, 0.717) is 5.82 Å². The van der Waals surface area contributed by atoms with Gasteiger partial charge in [0.15, 0.2) is 0 Å². The predicted octanol–water partition coefficient (Wildman–Crippen LogP) is 3.66. The normalized spacial score (nSPS) is 12.2. The second-order valence-corrected chi connectivity index (χ2v) is 6.78. The number of carbonyl (C=O) groups excluding carboxylic acids is 1. The first-order valence-electron chi connectivity index (χ1n) is 9.41. The van der Waals surface area contributed by atoms with Crippen LogP contribution >= 0.6 is 0 Å². The second kappa shape index (κ2) is 8.57. The van der Waals surface area contributed by atoms with Gasteiger partial charge in [-0.25, -0.2) is 14.1 Å². The maximum Gasteiger partial charge on any atom is 0.244 e. The fraction of sp³-hybridized carbons (Fsp3) is 0.0870. The van der Waals surface area contributed by atoms with Crippen LogP contribution in [-0.4, -0.2) is 25.2 Å². The third-order valence-electron chi connectivity index (χ3n) is 4.66. The van der Waals surface area contributed by atoms with Gasteiger partial charge in [0.25, 0.3) is 0 Å². The number of benzene rings is 2. The molecular formula is C23H20FN5O. The highest BCUT2D eigenvalue weighted by Crippen LogP contribution is 2.21. The molecule has 0 bridgehead atoms. The molecular weight excluding hydrogens is 381 g/mol. The van der Waals surface area contributed by atoms with E-state index < -0.39 is 6.04 Å². The van der Waals surface area contributed by atoms with Gasteiger partial charge in [-0.05, 0) is 35.9 Å². The summed E-state index contributed by atoms with van der Waals surface area (Å²) in [5, 5.41) is 7.26. The van der Waals surface area contributed by atoms with Crippen LogP contribution in [0.15, 0.2) is 85.5 Å². The van der Waals surface area contributed by atoms with Gasteiger partial charge >= 0.3 is 0 Å². The predicted molar refractivity (Wildman–Crippen MR) is 112 cm³/mol. The zero-order valence-corrected chi connectivity index (χ0v) is 16.3. The van der Waals surface area contributed by atoms with Gasteiger partial charge in [0.05, 0.1) is 11.9 Å². The van der Waals surface area contributed by atoms with E-state index in [0.717, 1.165) is 16.8 Å². The van der Waals surface area contributed by atoms with Crippen molar-refractivity contribution in [2.45, 2.75) is 6.04 Å². The Morgan fingerprint density at radius 2 is 1.90 bits per heavy atom. The molecule has 1 N–H and O–H groups in total. The minimum absolute atomic E-state index is 0.292. The van der Waals surface area contributed by atoms with Crippen LogP contribution in [0.4, 0.5) is 4.39 Å². The van der Waals surface area contributed by atoms with Crippen LogP contribution in [0.5, 0.6) is 0 Å². The zero-order chi connectivity index (χ0) is 20.9. The molecule has 4 aromatic rings. The Morgan fingerprint density at radius 3 is 2.60 bits per heavy atom. The number of hydrogen-bond donors (Lipinski definition) is 1. The van der Waals surface area contributed by atoms with E-state index in [-0.39, 0.29) is 11.7 Å². The van der Waals surface area contributed by atoms with E-state index >= 15 is 0 Å². The van der Waals surface area contributed by atoms with Gasteiger partial charge in [-0.15, -0.1) is 0 Å². The Hall–Kier alpha value is -4.00. The quantitative estimate of drug-likeness (QED) is 0.502. The summed E-state index contributed by atoms with van der Waals surface area (Å²) in [5.74, 6) is 0.0269. The molecule has 7 heteroatoms. The summed E-state index contributed by atoms with van der Waals surface area (Å²) in [6.07, 6.45) is 10.1. The van der Waals surface area contributed by atoms with Crippen molar-refractivity contribution in [3.05, 3.63) is 108 Å². The molecule has 0 spiro atoms. The summed E-state index contributed by atoms with van der Waals surface area (Å²) in [5.41, 5.74) is 2.47. The number of amides is 1. The summed E-state index contributed by atoms with van der Waals surface area (Å²) >= 11 is 0. The molecule has 1 unspecified atom stereocenters. The molecule has 2 aromatic carbocycles. The van der Waals surface area contributed by atoms with Crippen molar-refractivity contribution in [1.82, 2.24) is 24.6 Å². The van der Waals surface area contributed by atoms with Crippen LogP contribution in [0.2, 0.25) is 0 Å². The highest BCUT2D eigenvalue weighted by atomic mass is 19.1. The lowest BCUT2D eigenvalue weighted by atomic mass is 10.1. The Kier molecular flexibility index (Phi) is 5.52. The van der Waals surface area contributed by atoms with Crippen molar-refractivity contribution >= 4 is 12.0 Å². The number of carbonyl (C=O) groups is 1.